The lowest BCUT2D eigenvalue weighted by Crippen LogP contribution is -2.20. The molecule has 0 aliphatic rings. The first-order valence-electron chi connectivity index (χ1n) is 8.73. The molecule has 0 saturated heterocycles. The van der Waals surface area contributed by atoms with Gasteiger partial charge in [0.05, 0.1) is 11.4 Å². The lowest BCUT2D eigenvalue weighted by molar-refractivity contribution is 0.262. The summed E-state index contributed by atoms with van der Waals surface area (Å²) in [6.45, 7) is 0. The van der Waals surface area contributed by atoms with Gasteiger partial charge in [0.1, 0.15) is 16.6 Å². The van der Waals surface area contributed by atoms with Gasteiger partial charge in [-0.2, -0.15) is 0 Å². The molecule has 4 aromatic rings. The molecule has 7 heteroatoms. The van der Waals surface area contributed by atoms with Crippen LogP contribution < -0.4 is 10.6 Å². The molecule has 0 radical (unpaired) electrons. The van der Waals surface area contributed by atoms with Gasteiger partial charge in [-0.15, -0.1) is 11.3 Å². The van der Waals surface area contributed by atoms with E-state index in [-0.39, 0.29) is 5.69 Å². The van der Waals surface area contributed by atoms with Crippen molar-refractivity contribution in [3.63, 3.8) is 0 Å². The molecule has 2 amide bonds. The molecule has 1 heterocycles. The van der Waals surface area contributed by atoms with Crippen LogP contribution in [0.15, 0.2) is 78.2 Å². The molecule has 2 N–H and O–H groups in total. The van der Waals surface area contributed by atoms with Crippen molar-refractivity contribution in [1.29, 1.82) is 0 Å². The van der Waals surface area contributed by atoms with Crippen LogP contribution in [0.5, 0.6) is 0 Å². The van der Waals surface area contributed by atoms with Crippen LogP contribution in [-0.4, -0.2) is 11.0 Å². The van der Waals surface area contributed by atoms with Crippen molar-refractivity contribution in [3.8, 4) is 21.8 Å². The second-order valence-electron chi connectivity index (χ2n) is 6.18. The monoisotopic (exact) mass is 407 g/mol. The van der Waals surface area contributed by atoms with Crippen LogP contribution in [0.1, 0.15) is 0 Å². The Hall–Kier alpha value is -3.58. The van der Waals surface area contributed by atoms with Crippen LogP contribution in [0.25, 0.3) is 21.8 Å². The zero-order chi connectivity index (χ0) is 20.2. The predicted molar refractivity (Wildman–Crippen MR) is 112 cm³/mol. The smallest absolute Gasteiger partial charge is 0.308 e. The van der Waals surface area contributed by atoms with Crippen LogP contribution in [0, 0.1) is 11.6 Å². The highest BCUT2D eigenvalue weighted by Crippen LogP contribution is 2.29. The van der Waals surface area contributed by atoms with Crippen molar-refractivity contribution in [2.45, 2.75) is 0 Å². The number of rotatable bonds is 4. The molecular weight excluding hydrogens is 392 g/mol. The lowest BCUT2D eigenvalue weighted by Gasteiger charge is -2.09. The maximum absolute atomic E-state index is 13.6. The quantitative estimate of drug-likeness (QED) is 0.411. The normalized spacial score (nSPS) is 10.6. The Morgan fingerprint density at radius 2 is 1.62 bits per heavy atom. The Bertz CT molecular complexity index is 1140. The zero-order valence-corrected chi connectivity index (χ0v) is 15.8. The minimum absolute atomic E-state index is 0.227. The average Bonchev–Trinajstić information content (AvgIpc) is 3.22. The Kier molecular flexibility index (Phi) is 5.31. The van der Waals surface area contributed by atoms with Crippen LogP contribution in [-0.2, 0) is 0 Å². The molecule has 4 nitrogen and oxygen atoms in total. The largest absolute Gasteiger partial charge is 0.323 e. The molecule has 0 aliphatic carbocycles. The van der Waals surface area contributed by atoms with Crippen LogP contribution in [0.3, 0.4) is 0 Å². The van der Waals surface area contributed by atoms with E-state index in [9.17, 15) is 13.6 Å². The summed E-state index contributed by atoms with van der Waals surface area (Å²) in [4.78, 5) is 16.7. The number of anilines is 2. The number of nitrogens with zero attached hydrogens (tertiary/aromatic N) is 1. The number of benzene rings is 3. The van der Waals surface area contributed by atoms with E-state index in [1.165, 1.54) is 0 Å². The third kappa shape index (κ3) is 4.47. The first kappa shape index (κ1) is 18.8. The first-order valence-corrected chi connectivity index (χ1v) is 9.61. The summed E-state index contributed by atoms with van der Waals surface area (Å²) in [5.41, 5.74) is 3.09. The molecule has 29 heavy (non-hydrogen) atoms. The highest BCUT2D eigenvalue weighted by Gasteiger charge is 2.10. The number of hydrogen-bond donors (Lipinski definition) is 2. The van der Waals surface area contributed by atoms with Gasteiger partial charge in [-0.1, -0.05) is 42.5 Å². The number of thiazole rings is 1. The van der Waals surface area contributed by atoms with E-state index in [0.717, 1.165) is 40.0 Å². The molecule has 0 unspecified atom stereocenters. The number of aromatic nitrogens is 1. The molecule has 0 saturated carbocycles. The molecule has 144 valence electrons. The molecule has 3 aromatic carbocycles. The predicted octanol–water partition coefficient (Wildman–Crippen LogP) is 6.40. The Morgan fingerprint density at radius 1 is 0.862 bits per heavy atom. The summed E-state index contributed by atoms with van der Waals surface area (Å²) in [6, 6.07) is 19.2. The summed E-state index contributed by atoms with van der Waals surface area (Å²) >= 11 is 1.56. The van der Waals surface area contributed by atoms with Gasteiger partial charge in [0.2, 0.25) is 0 Å². The second-order valence-corrected chi connectivity index (χ2v) is 7.04. The number of urea groups is 1. The summed E-state index contributed by atoms with van der Waals surface area (Å²) in [6.07, 6.45) is 0. The third-order valence-corrected chi connectivity index (χ3v) is 5.03. The summed E-state index contributed by atoms with van der Waals surface area (Å²) in [5, 5.41) is 7.79. The van der Waals surface area contributed by atoms with Crippen molar-refractivity contribution in [3.05, 3.63) is 89.8 Å². The standard InChI is InChI=1S/C22H15F2N3OS/c23-16-8-11-18(24)19(12-16)27-22(28)25-17-9-6-14(7-10-17)20-13-29-21(26-20)15-4-2-1-3-5-15/h1-13H,(H2,25,27,28). The summed E-state index contributed by atoms with van der Waals surface area (Å²) in [7, 11) is 0. The van der Waals surface area contributed by atoms with E-state index in [1.54, 1.807) is 23.5 Å². The van der Waals surface area contributed by atoms with Crippen LogP contribution >= 0.6 is 11.3 Å². The topological polar surface area (TPSA) is 54.0 Å². The van der Waals surface area contributed by atoms with Crippen LogP contribution in [0.2, 0.25) is 0 Å². The molecule has 0 spiro atoms. The van der Waals surface area contributed by atoms with E-state index in [2.05, 4.69) is 15.6 Å². The highest BCUT2D eigenvalue weighted by molar-refractivity contribution is 7.13. The fraction of sp³-hybridized carbons (Fsp3) is 0. The molecule has 0 bridgehead atoms. The number of carbonyl (C=O) groups is 1. The lowest BCUT2D eigenvalue weighted by atomic mass is 10.1. The highest BCUT2D eigenvalue weighted by atomic mass is 32.1. The van der Waals surface area contributed by atoms with Crippen molar-refractivity contribution in [1.82, 2.24) is 4.98 Å². The van der Waals surface area contributed by atoms with Gasteiger partial charge >= 0.3 is 6.03 Å². The minimum Gasteiger partial charge on any atom is -0.308 e. The molecule has 0 fully saturated rings. The molecule has 0 atom stereocenters. The number of nitrogens with one attached hydrogen (secondary N) is 2. The van der Waals surface area contributed by atoms with Crippen LogP contribution in [0.4, 0.5) is 25.0 Å². The van der Waals surface area contributed by atoms with E-state index < -0.39 is 17.7 Å². The van der Waals surface area contributed by atoms with E-state index in [0.29, 0.717) is 5.69 Å². The van der Waals surface area contributed by atoms with Gasteiger partial charge in [0, 0.05) is 28.3 Å². The Labute approximate surface area is 169 Å². The first-order chi connectivity index (χ1) is 14.1. The Morgan fingerprint density at radius 3 is 2.38 bits per heavy atom. The number of halogens is 2. The minimum atomic E-state index is -0.713. The SMILES string of the molecule is O=C(Nc1ccc(-c2csc(-c3ccccc3)n2)cc1)Nc1cc(F)ccc1F. The fourth-order valence-corrected chi connectivity index (χ4v) is 3.56. The van der Waals surface area contributed by atoms with Gasteiger partial charge < -0.3 is 10.6 Å². The molecular formula is C22H15F2N3OS. The van der Waals surface area contributed by atoms with E-state index in [4.69, 9.17) is 0 Å². The van der Waals surface area contributed by atoms with Crippen molar-refractivity contribution in [2.24, 2.45) is 0 Å². The van der Waals surface area contributed by atoms with Gasteiger partial charge in [0.15, 0.2) is 0 Å². The third-order valence-electron chi connectivity index (χ3n) is 4.14. The second kappa shape index (κ2) is 8.20. The fourth-order valence-electron chi connectivity index (χ4n) is 2.72. The number of carbonyl (C=O) groups excluding carboxylic acids is 1. The summed E-state index contributed by atoms with van der Waals surface area (Å²) < 4.78 is 26.8. The number of hydrogen-bond acceptors (Lipinski definition) is 3. The van der Waals surface area contributed by atoms with E-state index in [1.807, 2.05) is 47.8 Å². The zero-order valence-electron chi connectivity index (χ0n) is 15.0. The maximum Gasteiger partial charge on any atom is 0.323 e. The molecule has 4 rings (SSSR count). The average molecular weight is 407 g/mol. The molecule has 0 aliphatic heterocycles. The number of amides is 2. The molecule has 1 aromatic heterocycles. The Balaban J connectivity index is 1.44. The van der Waals surface area contributed by atoms with Gasteiger partial charge in [-0.25, -0.2) is 18.6 Å². The van der Waals surface area contributed by atoms with Crippen molar-refractivity contribution < 1.29 is 13.6 Å². The van der Waals surface area contributed by atoms with Crippen molar-refractivity contribution in [2.75, 3.05) is 10.6 Å². The van der Waals surface area contributed by atoms with Gasteiger partial charge in [-0.05, 0) is 24.3 Å². The van der Waals surface area contributed by atoms with Gasteiger partial charge in [0.25, 0.3) is 0 Å². The maximum atomic E-state index is 13.6. The van der Waals surface area contributed by atoms with E-state index >= 15 is 0 Å². The summed E-state index contributed by atoms with van der Waals surface area (Å²) in [5.74, 6) is -1.35. The van der Waals surface area contributed by atoms with Gasteiger partial charge in [-0.3, -0.25) is 0 Å². The van der Waals surface area contributed by atoms with Crippen molar-refractivity contribution >= 4 is 28.7 Å².